The fraction of sp³-hybridized carbons (Fsp3) is 0. The maximum absolute atomic E-state index is 10.5. The molecule has 0 aliphatic carbocycles. The summed E-state index contributed by atoms with van der Waals surface area (Å²) < 4.78 is 2.17. The van der Waals surface area contributed by atoms with Crippen LogP contribution in [0.15, 0.2) is 18.2 Å². The molecule has 13 heavy (non-hydrogen) atoms. The Balaban J connectivity index is 2.81. The Hall–Kier alpha value is -0.620. The minimum atomic E-state index is 0.697. The van der Waals surface area contributed by atoms with E-state index in [0.29, 0.717) is 5.56 Å². The van der Waals surface area contributed by atoms with Crippen molar-refractivity contribution in [2.75, 3.05) is 5.73 Å². The van der Waals surface area contributed by atoms with Crippen molar-refractivity contribution in [2.24, 2.45) is 0 Å². The molecule has 0 unspecified atom stereocenters. The van der Waals surface area contributed by atoms with Gasteiger partial charge in [0.25, 0.3) is 0 Å². The molecule has 0 radical (unpaired) electrons. The second kappa shape index (κ2) is 3.26. The van der Waals surface area contributed by atoms with Crippen LogP contribution in [-0.2, 0) is 0 Å². The molecule has 0 fully saturated rings. The van der Waals surface area contributed by atoms with Crippen LogP contribution < -0.4 is 5.73 Å². The van der Waals surface area contributed by atoms with Crippen LogP contribution in [0.5, 0.6) is 0 Å². The van der Waals surface area contributed by atoms with Crippen LogP contribution in [0.4, 0.5) is 5.00 Å². The predicted molar refractivity (Wildman–Crippen MR) is 64.3 cm³/mol. The molecule has 1 aromatic carbocycles. The van der Waals surface area contributed by atoms with Gasteiger partial charge in [-0.05, 0) is 34.7 Å². The number of thiophene rings is 1. The quantitative estimate of drug-likeness (QED) is 0.650. The first kappa shape index (κ1) is 8.96. The van der Waals surface area contributed by atoms with Gasteiger partial charge < -0.3 is 5.73 Å². The average molecular weight is 303 g/mol. The lowest BCUT2D eigenvalue weighted by molar-refractivity contribution is 0.112. The Kier molecular flexibility index (Phi) is 2.25. The van der Waals surface area contributed by atoms with E-state index in [0.717, 1.165) is 24.9 Å². The van der Waals surface area contributed by atoms with Crippen molar-refractivity contribution in [3.8, 4) is 0 Å². The lowest BCUT2D eigenvalue weighted by Gasteiger charge is -1.91. The minimum absolute atomic E-state index is 0.697. The summed E-state index contributed by atoms with van der Waals surface area (Å²) >= 11 is 3.75. The minimum Gasteiger partial charge on any atom is -0.390 e. The van der Waals surface area contributed by atoms with E-state index in [4.69, 9.17) is 5.73 Å². The van der Waals surface area contributed by atoms with Crippen LogP contribution in [0, 0.1) is 3.57 Å². The van der Waals surface area contributed by atoms with Gasteiger partial charge in [0.1, 0.15) is 11.3 Å². The number of nitrogens with two attached hydrogens (primary N) is 1. The van der Waals surface area contributed by atoms with E-state index in [-0.39, 0.29) is 0 Å². The number of anilines is 1. The highest BCUT2D eigenvalue weighted by Crippen LogP contribution is 2.34. The second-order valence-electron chi connectivity index (χ2n) is 2.65. The molecule has 0 bridgehead atoms. The van der Waals surface area contributed by atoms with Crippen LogP contribution in [0.1, 0.15) is 10.4 Å². The van der Waals surface area contributed by atoms with Gasteiger partial charge in [-0.3, -0.25) is 4.79 Å². The summed E-state index contributed by atoms with van der Waals surface area (Å²) in [6, 6.07) is 5.61. The van der Waals surface area contributed by atoms with Gasteiger partial charge in [-0.2, -0.15) is 0 Å². The third kappa shape index (κ3) is 1.44. The summed E-state index contributed by atoms with van der Waals surface area (Å²) in [6.45, 7) is 0. The van der Waals surface area contributed by atoms with Gasteiger partial charge in [-0.15, -0.1) is 11.3 Å². The van der Waals surface area contributed by atoms with Crippen molar-refractivity contribution in [1.82, 2.24) is 0 Å². The van der Waals surface area contributed by atoms with E-state index in [1.807, 2.05) is 12.1 Å². The molecule has 66 valence electrons. The molecule has 1 aromatic heterocycles. The normalized spacial score (nSPS) is 10.5. The van der Waals surface area contributed by atoms with Gasteiger partial charge in [-0.1, -0.05) is 6.07 Å². The lowest BCUT2D eigenvalue weighted by atomic mass is 10.2. The summed E-state index contributed by atoms with van der Waals surface area (Å²) in [5.41, 5.74) is 6.46. The molecule has 0 atom stereocenters. The highest BCUT2D eigenvalue weighted by molar-refractivity contribution is 14.1. The fourth-order valence-corrected chi connectivity index (χ4v) is 2.98. The number of halogens is 1. The van der Waals surface area contributed by atoms with E-state index in [1.165, 1.54) is 0 Å². The number of hydrogen-bond donors (Lipinski definition) is 1. The monoisotopic (exact) mass is 303 g/mol. The van der Waals surface area contributed by atoms with Crippen LogP contribution in [0.2, 0.25) is 0 Å². The van der Waals surface area contributed by atoms with E-state index < -0.39 is 0 Å². The molecule has 0 spiro atoms. The molecule has 0 amide bonds. The maximum Gasteiger partial charge on any atom is 0.150 e. The Morgan fingerprint density at radius 2 is 2.23 bits per heavy atom. The molecule has 2 rings (SSSR count). The van der Waals surface area contributed by atoms with Crippen molar-refractivity contribution in [3.05, 3.63) is 27.3 Å². The fourth-order valence-electron chi connectivity index (χ4n) is 1.18. The van der Waals surface area contributed by atoms with Crippen LogP contribution in [-0.4, -0.2) is 6.29 Å². The van der Waals surface area contributed by atoms with Crippen molar-refractivity contribution in [3.63, 3.8) is 0 Å². The lowest BCUT2D eigenvalue weighted by Crippen LogP contribution is -1.81. The topological polar surface area (TPSA) is 43.1 Å². The number of nitrogen functional groups attached to an aromatic ring is 1. The highest BCUT2D eigenvalue weighted by atomic mass is 127. The van der Waals surface area contributed by atoms with Crippen molar-refractivity contribution in [1.29, 1.82) is 0 Å². The summed E-state index contributed by atoms with van der Waals surface area (Å²) in [5, 5.41) is 1.89. The summed E-state index contributed by atoms with van der Waals surface area (Å²) in [6.07, 6.45) is 0.851. The van der Waals surface area contributed by atoms with Crippen LogP contribution in [0.3, 0.4) is 0 Å². The second-order valence-corrected chi connectivity index (χ2v) is 4.82. The van der Waals surface area contributed by atoms with E-state index in [9.17, 15) is 4.79 Å². The van der Waals surface area contributed by atoms with E-state index >= 15 is 0 Å². The zero-order chi connectivity index (χ0) is 9.42. The third-order valence-electron chi connectivity index (χ3n) is 1.81. The maximum atomic E-state index is 10.5. The summed E-state index contributed by atoms with van der Waals surface area (Å²) in [5.74, 6) is 0. The molecule has 0 saturated heterocycles. The van der Waals surface area contributed by atoms with E-state index in [2.05, 4.69) is 22.6 Å². The smallest absolute Gasteiger partial charge is 0.150 e. The van der Waals surface area contributed by atoms with E-state index in [1.54, 1.807) is 17.4 Å². The molecular formula is C9H6INOS. The number of fused-ring (bicyclic) bond motifs is 1. The summed E-state index contributed by atoms with van der Waals surface area (Å²) in [4.78, 5) is 10.5. The first-order chi connectivity index (χ1) is 6.22. The number of benzene rings is 1. The molecule has 2 aromatic rings. The number of rotatable bonds is 1. The van der Waals surface area contributed by atoms with Crippen LogP contribution >= 0.6 is 33.9 Å². The molecule has 2 nitrogen and oxygen atoms in total. The van der Waals surface area contributed by atoms with Gasteiger partial charge >= 0.3 is 0 Å². The van der Waals surface area contributed by atoms with Crippen molar-refractivity contribution in [2.45, 2.75) is 0 Å². The highest BCUT2D eigenvalue weighted by Gasteiger charge is 2.06. The molecular weight excluding hydrogens is 297 g/mol. The molecule has 1 heterocycles. The molecule has 0 aliphatic heterocycles. The SMILES string of the molecule is Nc1sc2ccc(C=O)cc2c1I. The number of carbonyl (C=O) groups excluding carboxylic acids is 1. The molecule has 2 N–H and O–H groups in total. The van der Waals surface area contributed by atoms with Gasteiger partial charge in [-0.25, -0.2) is 0 Å². The van der Waals surface area contributed by atoms with Gasteiger partial charge in [0.05, 0.1) is 3.57 Å². The average Bonchev–Trinajstić information content (AvgIpc) is 2.43. The summed E-state index contributed by atoms with van der Waals surface area (Å²) in [7, 11) is 0. The van der Waals surface area contributed by atoms with Crippen molar-refractivity contribution >= 4 is 55.3 Å². The first-order valence-electron chi connectivity index (χ1n) is 3.65. The zero-order valence-corrected chi connectivity index (χ0v) is 9.56. The Morgan fingerprint density at radius 3 is 2.92 bits per heavy atom. The van der Waals surface area contributed by atoms with Gasteiger partial charge in [0, 0.05) is 15.6 Å². The van der Waals surface area contributed by atoms with Crippen LogP contribution in [0.25, 0.3) is 10.1 Å². The Labute approximate surface area is 92.9 Å². The molecule has 0 saturated carbocycles. The third-order valence-corrected chi connectivity index (χ3v) is 4.34. The molecule has 4 heteroatoms. The van der Waals surface area contributed by atoms with Gasteiger partial charge in [0.2, 0.25) is 0 Å². The Bertz CT molecular complexity index is 478. The first-order valence-corrected chi connectivity index (χ1v) is 5.54. The van der Waals surface area contributed by atoms with Gasteiger partial charge in [0.15, 0.2) is 0 Å². The zero-order valence-electron chi connectivity index (χ0n) is 6.58. The predicted octanol–water partition coefficient (Wildman–Crippen LogP) is 2.90. The molecule has 0 aliphatic rings. The van der Waals surface area contributed by atoms with Crippen molar-refractivity contribution < 1.29 is 4.79 Å². The standard InChI is InChI=1S/C9H6INOS/c10-8-6-3-5(4-12)1-2-7(6)13-9(8)11/h1-4H,11H2. The number of carbonyl (C=O) groups is 1. The Morgan fingerprint density at radius 1 is 1.46 bits per heavy atom. The number of hydrogen-bond acceptors (Lipinski definition) is 3. The largest absolute Gasteiger partial charge is 0.390 e. The number of aldehydes is 1.